The fraction of sp³-hybridized carbons (Fsp3) is 0.735. The van der Waals surface area contributed by atoms with E-state index in [2.05, 4.69) is 99.0 Å². The van der Waals surface area contributed by atoms with Crippen LogP contribution in [0.1, 0.15) is 271 Å². The van der Waals surface area contributed by atoms with Crippen LogP contribution in [-0.4, -0.2) is 69.4 Å². The van der Waals surface area contributed by atoms with Crippen LogP contribution in [0.2, 0.25) is 0 Å². The van der Waals surface area contributed by atoms with E-state index in [1.165, 1.54) is 154 Å². The average molecular weight is 1110 g/mol. The van der Waals surface area contributed by atoms with Crippen LogP contribution < -0.4 is 10.2 Å². The molecule has 0 aliphatic rings. The highest BCUT2D eigenvalue weighted by Gasteiger charge is 2.27. The second-order valence-corrected chi connectivity index (χ2v) is 23.9. The van der Waals surface area contributed by atoms with Crippen LogP contribution >= 0.6 is 7.82 Å². The SMILES string of the molecule is CC/C=C/C/C=C/C/C=C/C/C=C/C/C=C/CCC(=O)NC(COP(=O)([O-])OCC[N+](C)(C)C)C(/C=C\CCCCCCCCCCC)OC(=O)CCCCCCCCCCCCCCCCC/C=C\C/C=C\CCCCC. The molecule has 450 valence electrons. The Hall–Kier alpha value is -3.07. The number of phosphoric ester groups is 1. The third-order valence-corrected chi connectivity index (χ3v) is 14.7. The summed E-state index contributed by atoms with van der Waals surface area (Å²) in [4.78, 5) is 39.9. The van der Waals surface area contributed by atoms with E-state index in [-0.39, 0.29) is 31.3 Å². The van der Waals surface area contributed by atoms with Crippen molar-refractivity contribution in [2.75, 3.05) is 40.9 Å². The summed E-state index contributed by atoms with van der Waals surface area (Å²) in [5.74, 6) is -0.638. The lowest BCUT2D eigenvalue weighted by atomic mass is 10.0. The zero-order valence-corrected chi connectivity index (χ0v) is 52.2. The van der Waals surface area contributed by atoms with Gasteiger partial charge in [-0.2, -0.15) is 0 Å². The fourth-order valence-electron chi connectivity index (χ4n) is 8.83. The number of carbonyl (C=O) groups excluding carboxylic acids is 2. The number of hydrogen-bond acceptors (Lipinski definition) is 7. The van der Waals surface area contributed by atoms with Crippen LogP contribution in [0.25, 0.3) is 0 Å². The first-order valence-electron chi connectivity index (χ1n) is 32.0. The van der Waals surface area contributed by atoms with Crippen LogP contribution in [-0.2, 0) is 27.9 Å². The van der Waals surface area contributed by atoms with Gasteiger partial charge in [0.05, 0.1) is 33.8 Å². The molecule has 0 aromatic rings. The number of amides is 1. The van der Waals surface area contributed by atoms with Crippen LogP contribution in [0.5, 0.6) is 0 Å². The zero-order valence-electron chi connectivity index (χ0n) is 51.3. The molecule has 0 rings (SSSR count). The lowest BCUT2D eigenvalue weighted by Gasteiger charge is -2.30. The Morgan fingerprint density at radius 2 is 0.833 bits per heavy atom. The van der Waals surface area contributed by atoms with Gasteiger partial charge in [-0.3, -0.25) is 14.2 Å². The number of nitrogens with one attached hydrogen (secondary N) is 1. The van der Waals surface area contributed by atoms with Crippen molar-refractivity contribution < 1.29 is 37.3 Å². The third kappa shape index (κ3) is 57.6. The topological polar surface area (TPSA) is 114 Å². The Kier molecular flexibility index (Phi) is 54.9. The number of rotatable bonds is 57. The molecule has 3 atom stereocenters. The largest absolute Gasteiger partial charge is 0.756 e. The van der Waals surface area contributed by atoms with E-state index in [4.69, 9.17) is 13.8 Å². The van der Waals surface area contributed by atoms with Crippen LogP contribution in [0.4, 0.5) is 0 Å². The first kappa shape index (κ1) is 74.9. The van der Waals surface area contributed by atoms with E-state index in [0.717, 1.165) is 77.0 Å². The molecule has 0 heterocycles. The summed E-state index contributed by atoms with van der Waals surface area (Å²) in [5.41, 5.74) is 0. The minimum Gasteiger partial charge on any atom is -0.756 e. The molecule has 0 saturated carbocycles. The van der Waals surface area contributed by atoms with Gasteiger partial charge in [0, 0.05) is 12.8 Å². The van der Waals surface area contributed by atoms with E-state index >= 15 is 0 Å². The maximum absolute atomic E-state index is 13.5. The number of quaternary nitrogens is 1. The molecule has 0 aliphatic carbocycles. The Labute approximate surface area is 481 Å². The van der Waals surface area contributed by atoms with Crippen molar-refractivity contribution in [3.8, 4) is 0 Å². The number of hydrogen-bond donors (Lipinski definition) is 1. The quantitative estimate of drug-likeness (QED) is 0.0212. The van der Waals surface area contributed by atoms with E-state index in [1.54, 1.807) is 0 Å². The molecule has 1 N–H and O–H groups in total. The van der Waals surface area contributed by atoms with Gasteiger partial charge < -0.3 is 28.5 Å². The monoisotopic (exact) mass is 1110 g/mol. The molecular formula is C68H121N2O7P. The first-order valence-corrected chi connectivity index (χ1v) is 33.5. The Morgan fingerprint density at radius 1 is 0.462 bits per heavy atom. The van der Waals surface area contributed by atoms with Crippen molar-refractivity contribution in [1.82, 2.24) is 5.32 Å². The van der Waals surface area contributed by atoms with Gasteiger partial charge in [0.15, 0.2) is 0 Å². The van der Waals surface area contributed by atoms with Gasteiger partial charge >= 0.3 is 5.97 Å². The van der Waals surface area contributed by atoms with Gasteiger partial charge in [-0.05, 0) is 96.0 Å². The summed E-state index contributed by atoms with van der Waals surface area (Å²) in [5, 5.41) is 2.98. The number of ether oxygens (including phenoxy) is 1. The molecular weight excluding hydrogens is 988 g/mol. The number of likely N-dealkylation sites (N-methyl/N-ethyl adjacent to an activating group) is 1. The minimum absolute atomic E-state index is 0.0389. The molecule has 0 fully saturated rings. The maximum Gasteiger partial charge on any atom is 0.306 e. The highest BCUT2D eigenvalue weighted by Crippen LogP contribution is 2.38. The van der Waals surface area contributed by atoms with Crippen LogP contribution in [0.15, 0.2) is 97.2 Å². The summed E-state index contributed by atoms with van der Waals surface area (Å²) in [7, 11) is 1.13. The standard InChI is InChI=1S/C68H121N2O7P/c1-7-10-13-16-19-22-25-27-29-31-32-33-34-35-36-37-38-39-41-43-46-49-52-55-58-61-68(72)77-66(59-56-53-50-47-44-24-21-18-15-12-9-3)65(64-76-78(73,74)75-63-62-70(4,5)6)69-67(71)60-57-54-51-48-45-42-40-30-28-26-23-20-17-14-11-8-2/h11,14,19-20,22-23,27-30,42,45,51,54,56,59,65-66H,7-10,12-13,15-18,21,24-26,31-41,43-44,46-50,52-53,55,57-58,60-64H2,1-6H3,(H-,69,71,73,74)/b14-11+,22-19-,23-20+,29-27-,30-28+,45-42+,54-51+,59-56-. The van der Waals surface area contributed by atoms with Crippen LogP contribution in [0.3, 0.4) is 0 Å². The molecule has 0 radical (unpaired) electrons. The van der Waals surface area contributed by atoms with E-state index in [0.29, 0.717) is 17.4 Å². The number of esters is 1. The highest BCUT2D eigenvalue weighted by molar-refractivity contribution is 7.45. The van der Waals surface area contributed by atoms with Gasteiger partial charge in [0.1, 0.15) is 19.3 Å². The molecule has 0 aromatic carbocycles. The van der Waals surface area contributed by atoms with Crippen LogP contribution in [0, 0.1) is 0 Å². The van der Waals surface area contributed by atoms with E-state index < -0.39 is 26.6 Å². The minimum atomic E-state index is -4.72. The van der Waals surface area contributed by atoms with Gasteiger partial charge in [0.25, 0.3) is 7.82 Å². The second-order valence-electron chi connectivity index (χ2n) is 22.5. The Morgan fingerprint density at radius 3 is 1.28 bits per heavy atom. The third-order valence-electron chi connectivity index (χ3n) is 13.8. The van der Waals surface area contributed by atoms with Crippen molar-refractivity contribution in [1.29, 1.82) is 0 Å². The number of carbonyl (C=O) groups is 2. The summed E-state index contributed by atoms with van der Waals surface area (Å²) >= 11 is 0. The molecule has 0 aromatic heterocycles. The molecule has 3 unspecified atom stereocenters. The van der Waals surface area contributed by atoms with Crippen molar-refractivity contribution >= 4 is 19.7 Å². The molecule has 0 spiro atoms. The molecule has 1 amide bonds. The predicted molar refractivity (Wildman–Crippen MR) is 334 cm³/mol. The predicted octanol–water partition coefficient (Wildman–Crippen LogP) is 19.3. The molecule has 0 aliphatic heterocycles. The van der Waals surface area contributed by atoms with Gasteiger partial charge in [-0.25, -0.2) is 0 Å². The Balaban J connectivity index is 5.16. The summed E-state index contributed by atoms with van der Waals surface area (Å²) in [6, 6.07) is -0.932. The number of phosphoric acid groups is 1. The smallest absolute Gasteiger partial charge is 0.306 e. The lowest BCUT2D eigenvalue weighted by Crippen LogP contribution is -2.47. The Bertz CT molecular complexity index is 1660. The van der Waals surface area contributed by atoms with Gasteiger partial charge in [-0.15, -0.1) is 0 Å². The second kappa shape index (κ2) is 57.2. The summed E-state index contributed by atoms with van der Waals surface area (Å²) in [6.07, 6.45) is 76.9. The maximum atomic E-state index is 13.5. The summed E-state index contributed by atoms with van der Waals surface area (Å²) in [6.45, 7) is 6.64. The molecule has 78 heavy (non-hydrogen) atoms. The molecule has 10 heteroatoms. The average Bonchev–Trinajstić information content (AvgIpc) is 3.40. The van der Waals surface area contributed by atoms with Crippen molar-refractivity contribution in [2.45, 2.75) is 283 Å². The van der Waals surface area contributed by atoms with Crippen molar-refractivity contribution in [3.63, 3.8) is 0 Å². The highest BCUT2D eigenvalue weighted by atomic mass is 31.2. The molecule has 0 bridgehead atoms. The normalized spacial score (nSPS) is 14.3. The van der Waals surface area contributed by atoms with E-state index in [9.17, 15) is 19.0 Å². The molecule has 9 nitrogen and oxygen atoms in total. The lowest BCUT2D eigenvalue weighted by molar-refractivity contribution is -0.870. The van der Waals surface area contributed by atoms with Crippen molar-refractivity contribution in [3.05, 3.63) is 97.2 Å². The zero-order chi connectivity index (χ0) is 57.2. The van der Waals surface area contributed by atoms with Crippen molar-refractivity contribution in [2.24, 2.45) is 0 Å². The first-order chi connectivity index (χ1) is 37.9. The van der Waals surface area contributed by atoms with E-state index in [1.807, 2.05) is 45.4 Å². The number of nitrogens with zero attached hydrogens (tertiary/aromatic N) is 1. The number of allylic oxidation sites excluding steroid dienone is 15. The fourth-order valence-corrected chi connectivity index (χ4v) is 9.56. The summed E-state index contributed by atoms with van der Waals surface area (Å²) < 4.78 is 30.2. The van der Waals surface area contributed by atoms with Gasteiger partial charge in [-0.1, -0.05) is 260 Å². The number of unbranched alkanes of at least 4 members (excludes halogenated alkanes) is 27. The van der Waals surface area contributed by atoms with Gasteiger partial charge in [0.2, 0.25) is 5.91 Å². The molecule has 0 saturated heterocycles.